The zero-order valence-corrected chi connectivity index (χ0v) is 12.0. The Hall–Kier alpha value is -3.01. The standard InChI is InChI=1S/C18H14N2O2/c1-12-6-7-17-14(10-12)11-15(18(21)22-17)19-20-9-8-13-4-2-3-5-16(13)20/h2-11,19H,1H3. The normalized spacial score (nSPS) is 11.1. The molecule has 0 atom stereocenters. The summed E-state index contributed by atoms with van der Waals surface area (Å²) in [7, 11) is 0. The Labute approximate surface area is 126 Å². The molecule has 0 aliphatic carbocycles. The Morgan fingerprint density at radius 1 is 1.00 bits per heavy atom. The first-order valence-electron chi connectivity index (χ1n) is 7.08. The van der Waals surface area contributed by atoms with Crippen molar-refractivity contribution in [3.63, 3.8) is 0 Å². The van der Waals surface area contributed by atoms with E-state index in [4.69, 9.17) is 4.42 Å². The van der Waals surface area contributed by atoms with E-state index in [1.807, 2.05) is 72.4 Å². The number of rotatable bonds is 2. The van der Waals surface area contributed by atoms with Gasteiger partial charge in [-0.3, -0.25) is 10.1 Å². The van der Waals surface area contributed by atoms with Crippen molar-refractivity contribution >= 4 is 27.6 Å². The molecule has 2 heterocycles. The van der Waals surface area contributed by atoms with E-state index in [0.29, 0.717) is 11.3 Å². The van der Waals surface area contributed by atoms with Gasteiger partial charge in [0.2, 0.25) is 0 Å². The summed E-state index contributed by atoms with van der Waals surface area (Å²) in [6.45, 7) is 2.01. The maximum absolute atomic E-state index is 12.1. The zero-order valence-electron chi connectivity index (χ0n) is 12.0. The molecule has 0 unspecified atom stereocenters. The monoisotopic (exact) mass is 290 g/mol. The molecule has 0 spiro atoms. The maximum atomic E-state index is 12.1. The van der Waals surface area contributed by atoms with Gasteiger partial charge in [-0.15, -0.1) is 0 Å². The SMILES string of the molecule is Cc1ccc2oc(=O)c(Nn3ccc4ccccc43)cc2c1. The lowest BCUT2D eigenvalue weighted by molar-refractivity contribution is 0.562. The molecule has 0 radical (unpaired) electrons. The molecule has 2 aromatic heterocycles. The number of benzene rings is 2. The first-order valence-corrected chi connectivity index (χ1v) is 7.08. The Balaban J connectivity index is 1.84. The molecule has 2 aromatic carbocycles. The van der Waals surface area contributed by atoms with Crippen molar-refractivity contribution in [1.82, 2.24) is 4.68 Å². The molecule has 0 saturated heterocycles. The number of aromatic nitrogens is 1. The number of nitrogens with one attached hydrogen (secondary N) is 1. The van der Waals surface area contributed by atoms with Crippen molar-refractivity contribution in [3.05, 3.63) is 76.8 Å². The van der Waals surface area contributed by atoms with Crippen molar-refractivity contribution in [1.29, 1.82) is 0 Å². The second-order valence-corrected chi connectivity index (χ2v) is 5.35. The smallest absolute Gasteiger partial charge is 0.361 e. The molecule has 0 fully saturated rings. The fraction of sp³-hybridized carbons (Fsp3) is 0.0556. The fourth-order valence-electron chi connectivity index (χ4n) is 2.63. The molecule has 1 N–H and O–H groups in total. The molecule has 4 nitrogen and oxygen atoms in total. The number of para-hydroxylation sites is 1. The molecule has 0 aliphatic heterocycles. The third-order valence-electron chi connectivity index (χ3n) is 3.73. The lowest BCUT2D eigenvalue weighted by Crippen LogP contribution is -2.15. The van der Waals surface area contributed by atoms with Gasteiger partial charge in [0.25, 0.3) is 0 Å². The lowest BCUT2D eigenvalue weighted by Gasteiger charge is -2.09. The van der Waals surface area contributed by atoms with Gasteiger partial charge in [0.1, 0.15) is 11.3 Å². The summed E-state index contributed by atoms with van der Waals surface area (Å²) in [5.41, 5.74) is 5.88. The summed E-state index contributed by atoms with van der Waals surface area (Å²) in [5.74, 6) is 0. The predicted octanol–water partition coefficient (Wildman–Crippen LogP) is 3.93. The van der Waals surface area contributed by atoms with E-state index in [1.54, 1.807) is 0 Å². The van der Waals surface area contributed by atoms with E-state index in [-0.39, 0.29) is 5.63 Å². The highest BCUT2D eigenvalue weighted by Crippen LogP contribution is 2.19. The van der Waals surface area contributed by atoms with Gasteiger partial charge in [0.15, 0.2) is 0 Å². The number of anilines is 1. The van der Waals surface area contributed by atoms with E-state index >= 15 is 0 Å². The average Bonchev–Trinajstić information content (AvgIpc) is 2.92. The van der Waals surface area contributed by atoms with Gasteiger partial charge in [-0.25, -0.2) is 4.79 Å². The van der Waals surface area contributed by atoms with Gasteiger partial charge < -0.3 is 4.42 Å². The Bertz CT molecular complexity index is 1040. The first-order chi connectivity index (χ1) is 10.7. The number of aryl methyl sites for hydroxylation is 1. The van der Waals surface area contributed by atoms with Crippen LogP contribution in [0, 0.1) is 6.92 Å². The van der Waals surface area contributed by atoms with Crippen LogP contribution in [0.3, 0.4) is 0 Å². The molecular weight excluding hydrogens is 276 g/mol. The highest BCUT2D eigenvalue weighted by Gasteiger charge is 2.07. The number of nitrogens with zero attached hydrogens (tertiary/aromatic N) is 1. The minimum Gasteiger partial charge on any atom is -0.421 e. The number of hydrogen-bond acceptors (Lipinski definition) is 3. The zero-order chi connectivity index (χ0) is 15.1. The molecule has 0 bridgehead atoms. The third kappa shape index (κ3) is 2.05. The van der Waals surface area contributed by atoms with Crippen molar-refractivity contribution in [2.75, 3.05) is 5.43 Å². The topological polar surface area (TPSA) is 47.2 Å². The van der Waals surface area contributed by atoms with E-state index in [2.05, 4.69) is 5.43 Å². The molecule has 22 heavy (non-hydrogen) atoms. The van der Waals surface area contributed by atoms with E-state index in [1.165, 1.54) is 0 Å². The van der Waals surface area contributed by atoms with E-state index in [9.17, 15) is 4.79 Å². The third-order valence-corrected chi connectivity index (χ3v) is 3.73. The first kappa shape index (κ1) is 12.7. The second-order valence-electron chi connectivity index (χ2n) is 5.35. The van der Waals surface area contributed by atoms with Crippen LogP contribution in [0.2, 0.25) is 0 Å². The van der Waals surface area contributed by atoms with Gasteiger partial charge in [0.05, 0.1) is 5.52 Å². The van der Waals surface area contributed by atoms with Crippen LogP contribution in [0.5, 0.6) is 0 Å². The van der Waals surface area contributed by atoms with E-state index < -0.39 is 0 Å². The summed E-state index contributed by atoms with van der Waals surface area (Å²) < 4.78 is 7.20. The molecule has 0 saturated carbocycles. The fourth-order valence-corrected chi connectivity index (χ4v) is 2.63. The average molecular weight is 290 g/mol. The van der Waals surface area contributed by atoms with E-state index in [0.717, 1.165) is 21.9 Å². The number of fused-ring (bicyclic) bond motifs is 2. The lowest BCUT2D eigenvalue weighted by atomic mass is 10.1. The maximum Gasteiger partial charge on any atom is 0.361 e. The Morgan fingerprint density at radius 2 is 1.86 bits per heavy atom. The van der Waals surface area contributed by atoms with Crippen LogP contribution in [0.15, 0.2) is 70.0 Å². The molecular formula is C18H14N2O2. The highest BCUT2D eigenvalue weighted by molar-refractivity contribution is 5.82. The molecule has 4 heteroatoms. The summed E-state index contributed by atoms with van der Waals surface area (Å²) in [5, 5.41) is 2.01. The molecule has 4 rings (SSSR count). The van der Waals surface area contributed by atoms with Crippen molar-refractivity contribution in [3.8, 4) is 0 Å². The van der Waals surface area contributed by atoms with Gasteiger partial charge in [-0.05, 0) is 37.3 Å². The van der Waals surface area contributed by atoms with Crippen LogP contribution in [0.4, 0.5) is 5.69 Å². The summed E-state index contributed by atoms with van der Waals surface area (Å²) in [6, 6.07) is 17.5. The van der Waals surface area contributed by atoms with Crippen molar-refractivity contribution in [2.45, 2.75) is 6.92 Å². The van der Waals surface area contributed by atoms with Gasteiger partial charge in [-0.1, -0.05) is 29.8 Å². The Morgan fingerprint density at radius 3 is 2.77 bits per heavy atom. The summed E-state index contributed by atoms with van der Waals surface area (Å²) in [6.07, 6.45) is 1.89. The minimum absolute atomic E-state index is 0.380. The quantitative estimate of drug-likeness (QED) is 0.569. The van der Waals surface area contributed by atoms with Gasteiger partial charge in [-0.2, -0.15) is 0 Å². The molecule has 108 valence electrons. The van der Waals surface area contributed by atoms with Crippen LogP contribution in [-0.2, 0) is 0 Å². The van der Waals surface area contributed by atoms with Gasteiger partial charge in [0, 0.05) is 17.0 Å². The highest BCUT2D eigenvalue weighted by atomic mass is 16.4. The Kier molecular flexibility index (Phi) is 2.76. The largest absolute Gasteiger partial charge is 0.421 e. The van der Waals surface area contributed by atoms with Gasteiger partial charge >= 0.3 is 5.63 Å². The molecule has 4 aromatic rings. The van der Waals surface area contributed by atoms with Crippen LogP contribution < -0.4 is 11.1 Å². The second kappa shape index (κ2) is 4.77. The minimum atomic E-state index is -0.380. The number of hydrogen-bond donors (Lipinski definition) is 1. The van der Waals surface area contributed by atoms with Crippen LogP contribution >= 0.6 is 0 Å². The van der Waals surface area contributed by atoms with Crippen molar-refractivity contribution in [2.24, 2.45) is 0 Å². The van der Waals surface area contributed by atoms with Crippen LogP contribution in [-0.4, -0.2) is 4.68 Å². The molecule has 0 aliphatic rings. The molecule has 0 amide bonds. The predicted molar refractivity (Wildman–Crippen MR) is 88.2 cm³/mol. The van der Waals surface area contributed by atoms with Crippen molar-refractivity contribution < 1.29 is 4.42 Å². The summed E-state index contributed by atoms with van der Waals surface area (Å²) >= 11 is 0. The summed E-state index contributed by atoms with van der Waals surface area (Å²) in [4.78, 5) is 12.1. The van der Waals surface area contributed by atoms with Crippen LogP contribution in [0.25, 0.3) is 21.9 Å². The van der Waals surface area contributed by atoms with Crippen LogP contribution in [0.1, 0.15) is 5.56 Å².